The molecule has 1 aromatic heterocycles. The molecular formula is C13H18BrNO. The molecule has 16 heavy (non-hydrogen) atoms. The molecule has 0 amide bonds. The molecule has 0 N–H and O–H groups in total. The summed E-state index contributed by atoms with van der Waals surface area (Å²) in [6.07, 6.45) is 9.82. The second kappa shape index (κ2) is 5.67. The number of pyridine rings is 1. The van der Waals surface area contributed by atoms with Crippen LogP contribution in [0.1, 0.15) is 44.1 Å². The summed E-state index contributed by atoms with van der Waals surface area (Å²) in [5.74, 6) is 0.801. The number of rotatable bonds is 2. The molecule has 3 heteroatoms. The van der Waals surface area contributed by atoms with Crippen LogP contribution >= 0.6 is 15.9 Å². The van der Waals surface area contributed by atoms with Gasteiger partial charge in [0.2, 0.25) is 5.88 Å². The molecule has 1 heterocycles. The van der Waals surface area contributed by atoms with Gasteiger partial charge in [-0.15, -0.1) is 0 Å². The van der Waals surface area contributed by atoms with E-state index in [-0.39, 0.29) is 0 Å². The third-order valence-corrected chi connectivity index (χ3v) is 3.51. The van der Waals surface area contributed by atoms with Crippen LogP contribution in [0.25, 0.3) is 0 Å². The fraction of sp³-hybridized carbons (Fsp3) is 0.615. The highest BCUT2D eigenvalue weighted by molar-refractivity contribution is 9.10. The molecule has 0 bridgehead atoms. The van der Waals surface area contributed by atoms with Crippen LogP contribution in [-0.4, -0.2) is 11.1 Å². The van der Waals surface area contributed by atoms with Crippen LogP contribution in [-0.2, 0) is 0 Å². The average Bonchev–Trinajstić information content (AvgIpc) is 2.51. The van der Waals surface area contributed by atoms with Crippen molar-refractivity contribution in [2.75, 3.05) is 0 Å². The van der Waals surface area contributed by atoms with Gasteiger partial charge in [0.15, 0.2) is 0 Å². The number of hydrogen-bond donors (Lipinski definition) is 0. The summed E-state index contributed by atoms with van der Waals surface area (Å²) in [5.41, 5.74) is 1.11. The first-order valence-electron chi connectivity index (χ1n) is 6.04. The van der Waals surface area contributed by atoms with Crippen LogP contribution < -0.4 is 4.74 Å². The number of aryl methyl sites for hydroxylation is 1. The molecule has 0 aromatic carbocycles. The van der Waals surface area contributed by atoms with E-state index in [9.17, 15) is 0 Å². The maximum absolute atomic E-state index is 5.99. The molecule has 0 unspecified atom stereocenters. The smallest absolute Gasteiger partial charge is 0.216 e. The van der Waals surface area contributed by atoms with Gasteiger partial charge in [-0.2, -0.15) is 0 Å². The lowest BCUT2D eigenvalue weighted by molar-refractivity contribution is 0.175. The van der Waals surface area contributed by atoms with Crippen LogP contribution in [0.4, 0.5) is 0 Å². The van der Waals surface area contributed by atoms with Crippen molar-refractivity contribution in [3.63, 3.8) is 0 Å². The van der Waals surface area contributed by atoms with Crippen LogP contribution in [0.5, 0.6) is 5.88 Å². The second-order valence-electron chi connectivity index (χ2n) is 4.51. The van der Waals surface area contributed by atoms with Crippen LogP contribution in [0.3, 0.4) is 0 Å². The Balaban J connectivity index is 2.01. The van der Waals surface area contributed by atoms with Gasteiger partial charge in [0.25, 0.3) is 0 Å². The Morgan fingerprint density at radius 2 is 1.94 bits per heavy atom. The zero-order chi connectivity index (χ0) is 11.4. The van der Waals surface area contributed by atoms with Gasteiger partial charge in [-0.3, -0.25) is 0 Å². The summed E-state index contributed by atoms with van der Waals surface area (Å²) in [4.78, 5) is 4.33. The third kappa shape index (κ3) is 3.21. The Hall–Kier alpha value is -0.570. The lowest BCUT2D eigenvalue weighted by Gasteiger charge is -2.17. The first-order valence-corrected chi connectivity index (χ1v) is 6.84. The molecule has 88 valence electrons. The molecule has 0 aliphatic heterocycles. The predicted octanol–water partition coefficient (Wildman–Crippen LogP) is 4.25. The third-order valence-electron chi connectivity index (χ3n) is 3.08. The van der Waals surface area contributed by atoms with E-state index in [2.05, 4.69) is 27.0 Å². The first-order chi connectivity index (χ1) is 7.75. The zero-order valence-corrected chi connectivity index (χ0v) is 11.3. The van der Waals surface area contributed by atoms with Crippen molar-refractivity contribution in [1.82, 2.24) is 4.98 Å². The Kier molecular flexibility index (Phi) is 4.22. The summed E-state index contributed by atoms with van der Waals surface area (Å²) in [6.45, 7) is 2.05. The normalized spacial score (nSPS) is 18.1. The maximum Gasteiger partial charge on any atom is 0.216 e. The second-order valence-corrected chi connectivity index (χ2v) is 5.42. The van der Waals surface area contributed by atoms with Gasteiger partial charge in [0.05, 0.1) is 0 Å². The van der Waals surface area contributed by atoms with Crippen molar-refractivity contribution in [3.8, 4) is 5.88 Å². The van der Waals surface area contributed by atoms with Gasteiger partial charge in [0.1, 0.15) is 6.10 Å². The predicted molar refractivity (Wildman–Crippen MR) is 68.8 cm³/mol. The molecule has 1 fully saturated rings. The van der Waals surface area contributed by atoms with Gasteiger partial charge in [-0.1, -0.05) is 12.8 Å². The minimum Gasteiger partial charge on any atom is -0.474 e. The van der Waals surface area contributed by atoms with Crippen LogP contribution in [0, 0.1) is 6.92 Å². The highest BCUT2D eigenvalue weighted by atomic mass is 79.9. The van der Waals surface area contributed by atoms with Gasteiger partial charge >= 0.3 is 0 Å². The van der Waals surface area contributed by atoms with Gasteiger partial charge in [0, 0.05) is 16.2 Å². The summed E-state index contributed by atoms with van der Waals surface area (Å²) in [6, 6.07) is 2.05. The van der Waals surface area contributed by atoms with E-state index in [0.717, 1.165) is 15.9 Å². The lowest BCUT2D eigenvalue weighted by atomic mass is 10.1. The van der Waals surface area contributed by atoms with Crippen molar-refractivity contribution in [2.24, 2.45) is 0 Å². The van der Waals surface area contributed by atoms with E-state index in [1.807, 2.05) is 6.92 Å². The number of ether oxygens (including phenoxy) is 1. The molecular weight excluding hydrogens is 266 g/mol. The fourth-order valence-electron chi connectivity index (χ4n) is 2.17. The average molecular weight is 284 g/mol. The molecule has 1 aliphatic carbocycles. The molecule has 0 atom stereocenters. The molecule has 2 nitrogen and oxygen atoms in total. The van der Waals surface area contributed by atoms with E-state index in [1.165, 1.54) is 38.5 Å². The van der Waals surface area contributed by atoms with Crippen molar-refractivity contribution in [1.29, 1.82) is 0 Å². The van der Waals surface area contributed by atoms with Crippen molar-refractivity contribution < 1.29 is 4.74 Å². The molecule has 1 saturated carbocycles. The topological polar surface area (TPSA) is 22.1 Å². The van der Waals surface area contributed by atoms with Crippen molar-refractivity contribution >= 4 is 15.9 Å². The van der Waals surface area contributed by atoms with Gasteiger partial charge < -0.3 is 4.74 Å². The highest BCUT2D eigenvalue weighted by Crippen LogP contribution is 2.24. The quantitative estimate of drug-likeness (QED) is 0.757. The summed E-state index contributed by atoms with van der Waals surface area (Å²) in [5, 5.41) is 0. The van der Waals surface area contributed by atoms with E-state index in [1.54, 1.807) is 6.20 Å². The van der Waals surface area contributed by atoms with Gasteiger partial charge in [-0.25, -0.2) is 4.98 Å². The van der Waals surface area contributed by atoms with Gasteiger partial charge in [-0.05, 0) is 54.6 Å². The standard InChI is InChI=1S/C13H18BrNO/c1-10-8-11(14)9-15-13(10)16-12-6-4-2-3-5-7-12/h8-9,12H,2-7H2,1H3. The first kappa shape index (κ1) is 11.9. The number of aromatic nitrogens is 1. The number of halogens is 1. The minimum absolute atomic E-state index is 0.370. The summed E-state index contributed by atoms with van der Waals surface area (Å²) >= 11 is 3.42. The SMILES string of the molecule is Cc1cc(Br)cnc1OC1CCCCCC1. The van der Waals surface area contributed by atoms with E-state index < -0.39 is 0 Å². The Bertz CT molecular complexity index is 346. The fourth-order valence-corrected chi connectivity index (χ4v) is 2.61. The highest BCUT2D eigenvalue weighted by Gasteiger charge is 2.15. The van der Waals surface area contributed by atoms with Crippen molar-refractivity contribution in [2.45, 2.75) is 51.6 Å². The Morgan fingerprint density at radius 3 is 2.56 bits per heavy atom. The van der Waals surface area contributed by atoms with Crippen molar-refractivity contribution in [3.05, 3.63) is 22.3 Å². The van der Waals surface area contributed by atoms with Crippen LogP contribution in [0.2, 0.25) is 0 Å². The van der Waals surface area contributed by atoms with E-state index in [4.69, 9.17) is 4.74 Å². The molecule has 2 rings (SSSR count). The molecule has 1 aliphatic rings. The summed E-state index contributed by atoms with van der Waals surface area (Å²) in [7, 11) is 0. The zero-order valence-electron chi connectivity index (χ0n) is 9.71. The Morgan fingerprint density at radius 1 is 1.25 bits per heavy atom. The molecule has 0 spiro atoms. The molecule has 0 saturated heterocycles. The number of hydrogen-bond acceptors (Lipinski definition) is 2. The van der Waals surface area contributed by atoms with Crippen LogP contribution in [0.15, 0.2) is 16.7 Å². The molecule has 0 radical (unpaired) electrons. The van der Waals surface area contributed by atoms with E-state index >= 15 is 0 Å². The molecule has 1 aromatic rings. The summed E-state index contributed by atoms with van der Waals surface area (Å²) < 4.78 is 7.00. The monoisotopic (exact) mass is 283 g/mol. The lowest BCUT2D eigenvalue weighted by Crippen LogP contribution is -2.16. The largest absolute Gasteiger partial charge is 0.474 e. The van der Waals surface area contributed by atoms with E-state index in [0.29, 0.717) is 6.10 Å². The minimum atomic E-state index is 0.370. The number of nitrogens with zero attached hydrogens (tertiary/aromatic N) is 1. The maximum atomic E-state index is 5.99. The Labute approximate surface area is 106 Å².